The normalized spacial score (nSPS) is 11.2. The average Bonchev–Trinajstić information content (AvgIpc) is 2.77. The Bertz CT molecular complexity index is 630. The first-order valence-electron chi connectivity index (χ1n) is 5.24. The molecule has 0 fully saturated rings. The summed E-state index contributed by atoms with van der Waals surface area (Å²) in [7, 11) is -1.92. The van der Waals surface area contributed by atoms with Crippen LogP contribution in [0.1, 0.15) is 4.88 Å². The molecule has 96 valence electrons. The monoisotopic (exact) mass is 283 g/mol. The molecule has 6 heteroatoms. The Kier molecular flexibility index (Phi) is 3.58. The Morgan fingerprint density at radius 2 is 1.78 bits per heavy atom. The fourth-order valence-electron chi connectivity index (χ4n) is 1.42. The number of anilines is 1. The zero-order chi connectivity index (χ0) is 13.2. The predicted octanol–water partition coefficient (Wildman–Crippen LogP) is 2.87. The number of aryl methyl sites for hydroxylation is 1. The van der Waals surface area contributed by atoms with Gasteiger partial charge in [0.25, 0.3) is 10.0 Å². The van der Waals surface area contributed by atoms with Gasteiger partial charge in [-0.05, 0) is 43.3 Å². The van der Waals surface area contributed by atoms with E-state index in [0.717, 1.165) is 4.88 Å². The summed E-state index contributed by atoms with van der Waals surface area (Å²) in [6.07, 6.45) is 0. The fraction of sp³-hybridized carbons (Fsp3) is 0.167. The number of sulfonamides is 1. The van der Waals surface area contributed by atoms with Crippen LogP contribution in [-0.4, -0.2) is 15.5 Å². The van der Waals surface area contributed by atoms with Crippen LogP contribution in [0.3, 0.4) is 0 Å². The van der Waals surface area contributed by atoms with E-state index in [9.17, 15) is 8.42 Å². The number of benzene rings is 1. The van der Waals surface area contributed by atoms with Gasteiger partial charge in [-0.3, -0.25) is 4.72 Å². The van der Waals surface area contributed by atoms with E-state index in [4.69, 9.17) is 4.74 Å². The van der Waals surface area contributed by atoms with Crippen LogP contribution >= 0.6 is 11.3 Å². The lowest BCUT2D eigenvalue weighted by Gasteiger charge is -2.06. The van der Waals surface area contributed by atoms with Crippen LogP contribution in [0.4, 0.5) is 5.69 Å². The molecule has 2 rings (SSSR count). The fourth-order valence-corrected chi connectivity index (χ4v) is 3.76. The first kappa shape index (κ1) is 12.9. The van der Waals surface area contributed by atoms with E-state index in [2.05, 4.69) is 4.72 Å². The molecule has 18 heavy (non-hydrogen) atoms. The van der Waals surface area contributed by atoms with Crippen molar-refractivity contribution in [2.24, 2.45) is 0 Å². The highest BCUT2D eigenvalue weighted by Gasteiger charge is 2.15. The van der Waals surface area contributed by atoms with Crippen LogP contribution < -0.4 is 9.46 Å². The third-order valence-corrected chi connectivity index (χ3v) is 5.20. The number of thiophene rings is 1. The van der Waals surface area contributed by atoms with Crippen molar-refractivity contribution in [3.63, 3.8) is 0 Å². The lowest BCUT2D eigenvalue weighted by molar-refractivity contribution is 0.415. The maximum absolute atomic E-state index is 12.0. The molecule has 0 aliphatic carbocycles. The summed E-state index contributed by atoms with van der Waals surface area (Å²) in [5, 5.41) is 0. The largest absolute Gasteiger partial charge is 0.497 e. The molecule has 1 N–H and O–H groups in total. The molecular formula is C12H13NO3S2. The number of methoxy groups -OCH3 is 1. The van der Waals surface area contributed by atoms with E-state index in [1.807, 2.05) is 6.92 Å². The Hall–Kier alpha value is -1.53. The van der Waals surface area contributed by atoms with Crippen molar-refractivity contribution in [1.29, 1.82) is 0 Å². The van der Waals surface area contributed by atoms with E-state index < -0.39 is 10.0 Å². The van der Waals surface area contributed by atoms with Gasteiger partial charge in [0, 0.05) is 10.6 Å². The minimum Gasteiger partial charge on any atom is -0.497 e. The van der Waals surface area contributed by atoms with Crippen LogP contribution in [0.5, 0.6) is 5.75 Å². The Balaban J connectivity index is 2.22. The minimum atomic E-state index is -3.48. The Morgan fingerprint density at radius 3 is 2.28 bits per heavy atom. The molecule has 0 unspecified atom stereocenters. The quantitative estimate of drug-likeness (QED) is 0.938. The molecule has 1 aromatic carbocycles. The lowest BCUT2D eigenvalue weighted by atomic mass is 10.3. The van der Waals surface area contributed by atoms with Crippen molar-refractivity contribution in [3.8, 4) is 5.75 Å². The minimum absolute atomic E-state index is 0.316. The second kappa shape index (κ2) is 4.99. The highest BCUT2D eigenvalue weighted by molar-refractivity contribution is 7.94. The molecule has 1 heterocycles. The maximum Gasteiger partial charge on any atom is 0.271 e. The summed E-state index contributed by atoms with van der Waals surface area (Å²) in [4.78, 5) is 0.963. The maximum atomic E-state index is 12.0. The SMILES string of the molecule is COc1ccc(NS(=O)(=O)c2ccc(C)s2)cc1. The molecule has 0 spiro atoms. The van der Waals surface area contributed by atoms with Gasteiger partial charge in [0.05, 0.1) is 7.11 Å². The highest BCUT2D eigenvalue weighted by Crippen LogP contribution is 2.24. The van der Waals surface area contributed by atoms with Gasteiger partial charge in [-0.25, -0.2) is 8.42 Å². The summed E-state index contributed by atoms with van der Waals surface area (Å²) < 4.78 is 31.9. The molecule has 0 bridgehead atoms. The molecular weight excluding hydrogens is 270 g/mol. The van der Waals surface area contributed by atoms with Gasteiger partial charge in [-0.1, -0.05) is 0 Å². The van der Waals surface area contributed by atoms with Crippen LogP contribution in [0.2, 0.25) is 0 Å². The van der Waals surface area contributed by atoms with Gasteiger partial charge in [-0.2, -0.15) is 0 Å². The lowest BCUT2D eigenvalue weighted by Crippen LogP contribution is -2.11. The molecule has 0 aliphatic heterocycles. The topological polar surface area (TPSA) is 55.4 Å². The second-order valence-corrected chi connectivity index (χ2v) is 6.90. The van der Waals surface area contributed by atoms with Gasteiger partial charge in [0.2, 0.25) is 0 Å². The van der Waals surface area contributed by atoms with Crippen LogP contribution in [0, 0.1) is 6.92 Å². The van der Waals surface area contributed by atoms with Gasteiger partial charge in [-0.15, -0.1) is 11.3 Å². The number of hydrogen-bond acceptors (Lipinski definition) is 4. The van der Waals surface area contributed by atoms with E-state index in [0.29, 0.717) is 15.6 Å². The van der Waals surface area contributed by atoms with Crippen molar-refractivity contribution < 1.29 is 13.2 Å². The zero-order valence-corrected chi connectivity index (χ0v) is 11.6. The Morgan fingerprint density at radius 1 is 1.11 bits per heavy atom. The third-order valence-electron chi connectivity index (χ3n) is 2.32. The number of hydrogen-bond donors (Lipinski definition) is 1. The van der Waals surface area contributed by atoms with Crippen LogP contribution in [0.15, 0.2) is 40.6 Å². The van der Waals surface area contributed by atoms with Crippen molar-refractivity contribution in [2.45, 2.75) is 11.1 Å². The standard InChI is InChI=1S/C12H13NO3S2/c1-9-3-8-12(17-9)18(14,15)13-10-4-6-11(16-2)7-5-10/h3-8,13H,1-2H3. The molecule has 0 saturated heterocycles. The van der Waals surface area contributed by atoms with Crippen molar-refractivity contribution in [2.75, 3.05) is 11.8 Å². The molecule has 0 saturated carbocycles. The summed E-state index contributed by atoms with van der Waals surface area (Å²) >= 11 is 1.25. The Labute approximate surface area is 110 Å². The van der Waals surface area contributed by atoms with Crippen LogP contribution in [-0.2, 0) is 10.0 Å². The van der Waals surface area contributed by atoms with Crippen molar-refractivity contribution in [1.82, 2.24) is 0 Å². The van der Waals surface area contributed by atoms with Gasteiger partial charge in [0.15, 0.2) is 0 Å². The third kappa shape index (κ3) is 2.83. The smallest absolute Gasteiger partial charge is 0.271 e. The number of ether oxygens (including phenoxy) is 1. The molecule has 0 atom stereocenters. The van der Waals surface area contributed by atoms with Crippen LogP contribution in [0.25, 0.3) is 0 Å². The molecule has 0 amide bonds. The van der Waals surface area contributed by atoms with Crippen molar-refractivity contribution in [3.05, 3.63) is 41.3 Å². The summed E-state index contributed by atoms with van der Waals surface area (Å²) in [5.41, 5.74) is 0.516. The molecule has 2 aromatic rings. The summed E-state index contributed by atoms with van der Waals surface area (Å²) in [6.45, 7) is 1.87. The molecule has 1 aromatic heterocycles. The molecule has 0 aliphatic rings. The average molecular weight is 283 g/mol. The summed E-state index contributed by atoms with van der Waals surface area (Å²) in [5.74, 6) is 0.685. The number of nitrogens with one attached hydrogen (secondary N) is 1. The van der Waals surface area contributed by atoms with Crippen molar-refractivity contribution >= 4 is 27.0 Å². The molecule has 4 nitrogen and oxygen atoms in total. The predicted molar refractivity (Wildman–Crippen MR) is 72.9 cm³/mol. The van der Waals surface area contributed by atoms with Gasteiger partial charge < -0.3 is 4.74 Å². The van der Waals surface area contributed by atoms with E-state index in [-0.39, 0.29) is 0 Å². The first-order chi connectivity index (χ1) is 8.51. The first-order valence-corrected chi connectivity index (χ1v) is 7.54. The van der Waals surface area contributed by atoms with E-state index >= 15 is 0 Å². The highest BCUT2D eigenvalue weighted by atomic mass is 32.2. The van der Waals surface area contributed by atoms with E-state index in [1.165, 1.54) is 11.3 Å². The van der Waals surface area contributed by atoms with Gasteiger partial charge in [0.1, 0.15) is 9.96 Å². The number of rotatable bonds is 4. The van der Waals surface area contributed by atoms with E-state index in [1.54, 1.807) is 43.5 Å². The zero-order valence-electron chi connectivity index (χ0n) is 10.0. The molecule has 0 radical (unpaired) electrons. The summed E-state index contributed by atoms with van der Waals surface area (Å²) in [6, 6.07) is 10.1. The second-order valence-electron chi connectivity index (χ2n) is 3.70. The van der Waals surface area contributed by atoms with Gasteiger partial charge >= 0.3 is 0 Å².